The van der Waals surface area contributed by atoms with E-state index < -0.39 is 5.60 Å². The molecule has 1 aromatic heterocycles. The molecule has 0 saturated heterocycles. The van der Waals surface area contributed by atoms with Crippen molar-refractivity contribution in [3.8, 4) is 0 Å². The Bertz CT molecular complexity index is 540. The minimum Gasteiger partial charge on any atom is -0.388 e. The molecule has 1 aliphatic carbocycles. The van der Waals surface area contributed by atoms with Crippen LogP contribution < -0.4 is 5.32 Å². The number of nitrogens with zero attached hydrogens (tertiary/aromatic N) is 2. The van der Waals surface area contributed by atoms with Gasteiger partial charge < -0.3 is 10.4 Å². The fourth-order valence-electron chi connectivity index (χ4n) is 2.89. The van der Waals surface area contributed by atoms with Crippen molar-refractivity contribution in [1.82, 2.24) is 15.1 Å². The lowest BCUT2D eigenvalue weighted by atomic mass is 9.85. The van der Waals surface area contributed by atoms with E-state index in [2.05, 4.69) is 10.4 Å². The molecule has 1 saturated carbocycles. The average molecular weight is 291 g/mol. The van der Waals surface area contributed by atoms with Gasteiger partial charge in [0.25, 0.3) is 0 Å². The first-order valence-electron chi connectivity index (χ1n) is 7.60. The molecule has 0 aliphatic heterocycles. The number of hydrogen-bond acceptors (Lipinski definition) is 3. The van der Waals surface area contributed by atoms with E-state index in [1.165, 1.54) is 12.5 Å². The Hall–Kier alpha value is -1.62. The summed E-state index contributed by atoms with van der Waals surface area (Å²) in [6.07, 6.45) is 8.11. The third-order valence-electron chi connectivity index (χ3n) is 4.34. The molecular weight excluding hydrogens is 266 g/mol. The molecule has 0 bridgehead atoms. The molecule has 0 unspecified atom stereocenters. The summed E-state index contributed by atoms with van der Waals surface area (Å²) in [5.41, 5.74) is 2.19. The summed E-state index contributed by atoms with van der Waals surface area (Å²) < 4.78 is 1.80. The van der Waals surface area contributed by atoms with Gasteiger partial charge >= 0.3 is 0 Å². The van der Waals surface area contributed by atoms with Gasteiger partial charge in [-0.2, -0.15) is 5.10 Å². The minimum atomic E-state index is -0.720. The molecule has 116 valence electrons. The first-order chi connectivity index (χ1) is 9.91. The lowest BCUT2D eigenvalue weighted by Crippen LogP contribution is -2.43. The van der Waals surface area contributed by atoms with Crippen LogP contribution in [0.25, 0.3) is 6.08 Å². The topological polar surface area (TPSA) is 67.2 Å². The zero-order valence-electron chi connectivity index (χ0n) is 13.1. The fraction of sp³-hybridized carbons (Fsp3) is 0.625. The van der Waals surface area contributed by atoms with Gasteiger partial charge in [0.05, 0.1) is 11.3 Å². The zero-order valence-corrected chi connectivity index (χ0v) is 13.1. The standard InChI is InChI=1S/C16H25N3O2/c1-12-14(13(2)19(3)18-12)7-8-15(20)17-11-16(21)9-5-4-6-10-16/h7-8,21H,4-6,9-11H2,1-3H3,(H,17,20). The molecule has 2 N–H and O–H groups in total. The summed E-state index contributed by atoms with van der Waals surface area (Å²) in [6.45, 7) is 4.23. The molecule has 5 heteroatoms. The van der Waals surface area contributed by atoms with Crippen molar-refractivity contribution >= 4 is 12.0 Å². The number of amides is 1. The summed E-state index contributed by atoms with van der Waals surface area (Å²) in [7, 11) is 1.89. The second-order valence-electron chi connectivity index (χ2n) is 6.04. The van der Waals surface area contributed by atoms with Gasteiger partial charge in [-0.3, -0.25) is 9.48 Å². The summed E-state index contributed by atoms with van der Waals surface area (Å²) >= 11 is 0. The van der Waals surface area contributed by atoms with Crippen LogP contribution in [-0.2, 0) is 11.8 Å². The second-order valence-corrected chi connectivity index (χ2v) is 6.04. The van der Waals surface area contributed by atoms with Gasteiger partial charge in [-0.15, -0.1) is 0 Å². The van der Waals surface area contributed by atoms with E-state index in [1.807, 2.05) is 20.9 Å². The lowest BCUT2D eigenvalue weighted by Gasteiger charge is -2.31. The van der Waals surface area contributed by atoms with E-state index >= 15 is 0 Å². The summed E-state index contributed by atoms with van der Waals surface area (Å²) in [4.78, 5) is 11.9. The maximum Gasteiger partial charge on any atom is 0.244 e. The number of aryl methyl sites for hydroxylation is 2. The Balaban J connectivity index is 1.91. The molecule has 0 spiro atoms. The van der Waals surface area contributed by atoms with E-state index in [4.69, 9.17) is 0 Å². The Labute approximate surface area is 126 Å². The van der Waals surface area contributed by atoms with Crippen LogP contribution in [0.2, 0.25) is 0 Å². The van der Waals surface area contributed by atoms with Crippen LogP contribution in [0.3, 0.4) is 0 Å². The number of aliphatic hydroxyl groups is 1. The zero-order chi connectivity index (χ0) is 15.5. The maximum atomic E-state index is 11.9. The number of carbonyl (C=O) groups is 1. The highest BCUT2D eigenvalue weighted by molar-refractivity contribution is 5.92. The van der Waals surface area contributed by atoms with Gasteiger partial charge in [0, 0.05) is 30.9 Å². The Morgan fingerprint density at radius 2 is 2.05 bits per heavy atom. The SMILES string of the molecule is Cc1nn(C)c(C)c1C=CC(=O)NCC1(O)CCCCC1. The van der Waals surface area contributed by atoms with Gasteiger partial charge in [0.15, 0.2) is 0 Å². The van der Waals surface area contributed by atoms with Crippen LogP contribution in [0.15, 0.2) is 6.08 Å². The van der Waals surface area contributed by atoms with Crippen molar-refractivity contribution in [3.05, 3.63) is 23.0 Å². The molecular formula is C16H25N3O2. The van der Waals surface area contributed by atoms with E-state index in [-0.39, 0.29) is 5.91 Å². The Morgan fingerprint density at radius 3 is 2.62 bits per heavy atom. The molecule has 1 heterocycles. The van der Waals surface area contributed by atoms with E-state index in [9.17, 15) is 9.90 Å². The molecule has 5 nitrogen and oxygen atoms in total. The molecule has 0 radical (unpaired) electrons. The molecule has 1 fully saturated rings. The molecule has 0 atom stereocenters. The largest absolute Gasteiger partial charge is 0.388 e. The van der Waals surface area contributed by atoms with Crippen molar-refractivity contribution in [3.63, 3.8) is 0 Å². The van der Waals surface area contributed by atoms with Crippen molar-refractivity contribution in [1.29, 1.82) is 0 Å². The normalized spacial score (nSPS) is 18.1. The first-order valence-corrected chi connectivity index (χ1v) is 7.60. The van der Waals surface area contributed by atoms with Gasteiger partial charge in [-0.25, -0.2) is 0 Å². The molecule has 1 aliphatic rings. The van der Waals surface area contributed by atoms with Gasteiger partial charge in [0.1, 0.15) is 0 Å². The third kappa shape index (κ3) is 3.94. The van der Waals surface area contributed by atoms with Crippen LogP contribution in [0.1, 0.15) is 49.1 Å². The number of carbonyl (C=O) groups excluding carboxylic acids is 1. The Kier molecular flexibility index (Phi) is 4.83. The first kappa shape index (κ1) is 15.8. The van der Waals surface area contributed by atoms with Crippen molar-refractivity contribution in [2.75, 3.05) is 6.54 Å². The smallest absolute Gasteiger partial charge is 0.244 e. The van der Waals surface area contributed by atoms with Gasteiger partial charge in [0.2, 0.25) is 5.91 Å². The highest BCUT2D eigenvalue weighted by Crippen LogP contribution is 2.27. The van der Waals surface area contributed by atoms with Crippen LogP contribution in [-0.4, -0.2) is 32.9 Å². The third-order valence-corrected chi connectivity index (χ3v) is 4.34. The number of aromatic nitrogens is 2. The molecule has 2 rings (SSSR count). The van der Waals surface area contributed by atoms with E-state index in [0.717, 1.165) is 42.6 Å². The van der Waals surface area contributed by atoms with E-state index in [0.29, 0.717) is 6.54 Å². The van der Waals surface area contributed by atoms with E-state index in [1.54, 1.807) is 10.8 Å². The maximum absolute atomic E-state index is 11.9. The predicted octanol–water partition coefficient (Wildman–Crippen LogP) is 1.86. The molecule has 21 heavy (non-hydrogen) atoms. The monoisotopic (exact) mass is 291 g/mol. The molecule has 1 aromatic rings. The fourth-order valence-corrected chi connectivity index (χ4v) is 2.89. The van der Waals surface area contributed by atoms with Gasteiger partial charge in [-0.1, -0.05) is 19.3 Å². The highest BCUT2D eigenvalue weighted by atomic mass is 16.3. The summed E-state index contributed by atoms with van der Waals surface area (Å²) in [5.74, 6) is -0.170. The minimum absolute atomic E-state index is 0.170. The lowest BCUT2D eigenvalue weighted by molar-refractivity contribution is -0.118. The Morgan fingerprint density at radius 1 is 1.38 bits per heavy atom. The van der Waals surface area contributed by atoms with Crippen molar-refractivity contribution < 1.29 is 9.90 Å². The van der Waals surface area contributed by atoms with Crippen LogP contribution >= 0.6 is 0 Å². The second kappa shape index (κ2) is 6.43. The van der Waals surface area contributed by atoms with Crippen molar-refractivity contribution in [2.24, 2.45) is 7.05 Å². The number of rotatable bonds is 4. The van der Waals surface area contributed by atoms with Gasteiger partial charge in [-0.05, 0) is 32.8 Å². The molecule has 0 aromatic carbocycles. The predicted molar refractivity (Wildman–Crippen MR) is 82.8 cm³/mol. The van der Waals surface area contributed by atoms with Crippen LogP contribution in [0.5, 0.6) is 0 Å². The van der Waals surface area contributed by atoms with Crippen molar-refractivity contribution in [2.45, 2.75) is 51.6 Å². The number of hydrogen-bond donors (Lipinski definition) is 2. The molecule has 1 amide bonds. The van der Waals surface area contributed by atoms with Crippen LogP contribution in [0.4, 0.5) is 0 Å². The van der Waals surface area contributed by atoms with Crippen LogP contribution in [0, 0.1) is 13.8 Å². The summed E-state index contributed by atoms with van der Waals surface area (Å²) in [5, 5.41) is 17.5. The average Bonchev–Trinajstić information content (AvgIpc) is 2.69. The quantitative estimate of drug-likeness (QED) is 0.832. The highest BCUT2D eigenvalue weighted by Gasteiger charge is 2.29. The summed E-state index contributed by atoms with van der Waals surface area (Å²) in [6, 6.07) is 0. The number of nitrogens with one attached hydrogen (secondary N) is 1.